The van der Waals surface area contributed by atoms with Gasteiger partial charge in [0.2, 0.25) is 0 Å². The Labute approximate surface area is 380 Å². The van der Waals surface area contributed by atoms with Gasteiger partial charge in [-0.05, 0) is 0 Å². The summed E-state index contributed by atoms with van der Waals surface area (Å²) >= 11 is 1.51. The van der Waals surface area contributed by atoms with Crippen LogP contribution in [0.25, 0.3) is 0 Å². The number of hydrogen-bond donors (Lipinski definition) is 0. The van der Waals surface area contributed by atoms with Gasteiger partial charge >= 0.3 is 381 Å². The summed E-state index contributed by atoms with van der Waals surface area (Å²) in [6.07, 6.45) is -7.05. The SMILES string of the molecule is C/C(=C/C(C[B-](c1c(F)c(F)c(F)c(F)c1F)(c1c(F)c(F)c(F)c(F)c1F)c1c(F)c(F)c(F)c(F)c1F)=Nc1c(C(C)C)cccc1C(C)C)[N]([Ge])c1c(C(C)C)cccc1C(C)C. The van der Waals surface area contributed by atoms with Crippen molar-refractivity contribution in [1.82, 2.24) is 0 Å². The van der Waals surface area contributed by atoms with Crippen LogP contribution in [-0.4, -0.2) is 28.6 Å². The standard InChI is InChI=1S/C47H40BF15GeN2/c1-18(2)24-12-10-13-25(19(3)4)46(24)65-23(16-22(9)66(64)47-26(20(5)6)14-11-15-27(47)21(7)8)17-48(28-31(49)37(55)43(61)38(56)32(28)50,29-33(51)39(57)44(62)40(58)34(29)52)30-35(53)41(59)45(63)42(60)36(30)54/h10-16,18-21H,17H2,1-9H3/q-1/b22-16-,65-23?. The third-order valence-electron chi connectivity index (χ3n) is 11.6. The molecular formula is C47H40BF15GeN2-. The van der Waals surface area contributed by atoms with Crippen molar-refractivity contribution >= 4 is 56.4 Å². The average molecular weight is 1000 g/mol. The first-order valence-electron chi connectivity index (χ1n) is 20.4. The minimum atomic E-state index is -5.97. The van der Waals surface area contributed by atoms with Gasteiger partial charge in [0.1, 0.15) is 0 Å². The second-order valence-electron chi connectivity index (χ2n) is 17.1. The first-order valence-corrected chi connectivity index (χ1v) is 21.4. The second-order valence-corrected chi connectivity index (χ2v) is 18.1. The fourth-order valence-corrected chi connectivity index (χ4v) is 9.07. The fraction of sp³-hybridized carbons (Fsp3) is 0.298. The number of rotatable bonds is 13. The van der Waals surface area contributed by atoms with Crippen molar-refractivity contribution in [3.05, 3.63) is 158 Å². The molecule has 5 rings (SSSR count). The molecule has 0 bridgehead atoms. The first-order chi connectivity index (χ1) is 30.7. The van der Waals surface area contributed by atoms with Crippen molar-refractivity contribution in [2.24, 2.45) is 4.99 Å². The van der Waals surface area contributed by atoms with Gasteiger partial charge < -0.3 is 0 Å². The van der Waals surface area contributed by atoms with Crippen LogP contribution in [0.15, 0.2) is 53.2 Å². The molecule has 0 aliphatic heterocycles. The summed E-state index contributed by atoms with van der Waals surface area (Å²) in [5.41, 5.74) is -6.32. The molecule has 0 heterocycles. The van der Waals surface area contributed by atoms with Gasteiger partial charge in [0.15, 0.2) is 0 Å². The van der Waals surface area contributed by atoms with Gasteiger partial charge in [0.25, 0.3) is 0 Å². The Hall–Kier alpha value is -5.13. The Balaban J connectivity index is 2.19. The van der Waals surface area contributed by atoms with Gasteiger partial charge in [-0.3, -0.25) is 0 Å². The summed E-state index contributed by atoms with van der Waals surface area (Å²) in [7, 11) is 0. The number of nitrogens with zero attached hydrogens (tertiary/aromatic N) is 2. The molecule has 0 atom stereocenters. The zero-order chi connectivity index (χ0) is 49.8. The second kappa shape index (κ2) is 19.6. The Bertz CT molecular complexity index is 2500. The average Bonchev–Trinajstić information content (AvgIpc) is 3.26. The number of anilines is 1. The van der Waals surface area contributed by atoms with Crippen LogP contribution < -0.4 is 20.2 Å². The van der Waals surface area contributed by atoms with Gasteiger partial charge in [-0.15, -0.1) is 0 Å². The predicted molar refractivity (Wildman–Crippen MR) is 226 cm³/mol. The van der Waals surface area contributed by atoms with E-state index in [4.69, 9.17) is 0 Å². The van der Waals surface area contributed by atoms with Gasteiger partial charge in [0, 0.05) is 0 Å². The van der Waals surface area contributed by atoms with E-state index in [0.29, 0.717) is 16.8 Å². The number of aliphatic imine (C=N–C) groups is 1. The third kappa shape index (κ3) is 8.78. The number of benzene rings is 5. The summed E-state index contributed by atoms with van der Waals surface area (Å²) in [6.45, 7) is 15.5. The van der Waals surface area contributed by atoms with E-state index in [1.165, 1.54) is 27.5 Å². The van der Waals surface area contributed by atoms with Crippen molar-refractivity contribution in [1.29, 1.82) is 0 Å². The molecule has 5 aromatic carbocycles. The molecule has 2 nitrogen and oxygen atoms in total. The molecule has 0 N–H and O–H groups in total. The molecule has 5 aromatic rings. The minimum absolute atomic E-state index is 0.00816. The van der Waals surface area contributed by atoms with Crippen LogP contribution in [-0.2, 0) is 0 Å². The van der Waals surface area contributed by atoms with Crippen LogP contribution in [0.3, 0.4) is 0 Å². The fourth-order valence-electron chi connectivity index (χ4n) is 8.39. The Morgan fingerprint density at radius 2 is 0.727 bits per heavy atom. The van der Waals surface area contributed by atoms with Gasteiger partial charge in [-0.1, -0.05) is 0 Å². The predicted octanol–water partition coefficient (Wildman–Crippen LogP) is 13.0. The van der Waals surface area contributed by atoms with E-state index in [2.05, 4.69) is 4.99 Å². The normalized spacial score (nSPS) is 12.8. The van der Waals surface area contributed by atoms with E-state index >= 15 is 52.7 Å². The van der Waals surface area contributed by atoms with Crippen LogP contribution in [0.2, 0.25) is 6.32 Å². The molecule has 0 saturated heterocycles. The summed E-state index contributed by atoms with van der Waals surface area (Å²) in [5.74, 6) is -47.1. The molecular weight excluding hydrogens is 961 g/mol. The van der Waals surface area contributed by atoms with Crippen molar-refractivity contribution in [3.8, 4) is 0 Å². The maximum absolute atomic E-state index is 16.6. The van der Waals surface area contributed by atoms with Crippen molar-refractivity contribution in [3.63, 3.8) is 0 Å². The van der Waals surface area contributed by atoms with E-state index in [1.807, 2.05) is 27.7 Å². The van der Waals surface area contributed by atoms with Gasteiger partial charge in [0.05, 0.1) is 0 Å². The molecule has 0 fully saturated rings. The number of allylic oxidation sites excluding steroid dienone is 2. The summed E-state index contributed by atoms with van der Waals surface area (Å²) in [5, 5.41) is 0. The van der Waals surface area contributed by atoms with Gasteiger partial charge in [-0.2, -0.15) is 0 Å². The molecule has 0 unspecified atom stereocenters. The topological polar surface area (TPSA) is 15.6 Å². The van der Waals surface area contributed by atoms with Crippen LogP contribution in [0.5, 0.6) is 0 Å². The molecule has 3 radical (unpaired) electrons. The van der Waals surface area contributed by atoms with Crippen LogP contribution in [0.1, 0.15) is 108 Å². The summed E-state index contributed by atoms with van der Waals surface area (Å²) < 4.78 is 239. The van der Waals surface area contributed by atoms with Crippen molar-refractivity contribution in [2.45, 2.75) is 92.3 Å². The van der Waals surface area contributed by atoms with Crippen LogP contribution in [0.4, 0.5) is 77.2 Å². The zero-order valence-corrected chi connectivity index (χ0v) is 38.8. The molecule has 0 amide bonds. The molecule has 19 heteroatoms. The molecule has 66 heavy (non-hydrogen) atoms. The van der Waals surface area contributed by atoms with E-state index in [1.54, 1.807) is 64.1 Å². The molecule has 0 aliphatic rings. The van der Waals surface area contributed by atoms with Crippen molar-refractivity contribution in [2.75, 3.05) is 3.86 Å². The van der Waals surface area contributed by atoms with E-state index < -0.39 is 134 Å². The number of halogens is 15. The molecule has 351 valence electrons. The molecule has 0 saturated carbocycles. The number of hydrogen-bond acceptors (Lipinski definition) is 2. The number of para-hydroxylation sites is 2. The van der Waals surface area contributed by atoms with E-state index in [-0.39, 0.29) is 23.2 Å². The Morgan fingerprint density at radius 3 is 1.00 bits per heavy atom. The third-order valence-corrected chi connectivity index (χ3v) is 12.8. The van der Waals surface area contributed by atoms with Crippen LogP contribution in [0, 0.1) is 87.3 Å². The van der Waals surface area contributed by atoms with E-state index in [9.17, 15) is 13.2 Å². The van der Waals surface area contributed by atoms with Crippen molar-refractivity contribution < 1.29 is 65.9 Å². The van der Waals surface area contributed by atoms with Crippen LogP contribution >= 0.6 is 0 Å². The Morgan fingerprint density at radius 1 is 0.470 bits per heavy atom. The monoisotopic (exact) mass is 1000 g/mol. The molecule has 0 spiro atoms. The van der Waals surface area contributed by atoms with E-state index in [0.717, 1.165) is 17.2 Å². The zero-order valence-electron chi connectivity index (χ0n) is 36.7. The Kier molecular flexibility index (Phi) is 15.4. The first kappa shape index (κ1) is 51.8. The summed E-state index contributed by atoms with van der Waals surface area (Å²) in [6, 6.07) is 10.0. The van der Waals surface area contributed by atoms with Gasteiger partial charge in [-0.25, -0.2) is 0 Å². The quantitative estimate of drug-likeness (QED) is 0.0377. The summed E-state index contributed by atoms with van der Waals surface area (Å²) in [4.78, 5) is 4.67. The molecule has 0 aliphatic carbocycles. The maximum atomic E-state index is 16.6. The molecule has 0 aromatic heterocycles.